The molecular weight excluding hydrogens is 1130 g/mol. The number of unbranched alkanes of at least 4 members (excludes halogenated alkanes) is 20. The van der Waals surface area contributed by atoms with Crippen molar-refractivity contribution in [3.63, 3.8) is 0 Å². The van der Waals surface area contributed by atoms with Gasteiger partial charge in [0, 0.05) is 39.4 Å². The van der Waals surface area contributed by atoms with Gasteiger partial charge in [0.15, 0.2) is 49.9 Å². The van der Waals surface area contributed by atoms with E-state index in [4.69, 9.17) is 38.0 Å². The Kier molecular flexibility index (Phi) is 60.3. The molecule has 78 heavy (non-hydrogen) atoms. The van der Waals surface area contributed by atoms with Crippen molar-refractivity contribution >= 4 is 94.2 Å². The van der Waals surface area contributed by atoms with E-state index in [1.165, 1.54) is 122 Å². The van der Waals surface area contributed by atoms with Crippen molar-refractivity contribution in [2.24, 2.45) is 0 Å². The van der Waals surface area contributed by atoms with Gasteiger partial charge in [0.25, 0.3) is 17.9 Å². The molecule has 0 aromatic rings. The minimum atomic E-state index is -2.92. The molecule has 21 heteroatoms. The highest BCUT2D eigenvalue weighted by atomic mass is 28.5. The van der Waals surface area contributed by atoms with E-state index in [-0.39, 0.29) is 62.5 Å². The van der Waals surface area contributed by atoms with Gasteiger partial charge in [-0.3, -0.25) is 14.4 Å². The Morgan fingerprint density at radius 1 is 0.256 bits per heavy atom. The molecule has 0 amide bonds. The van der Waals surface area contributed by atoms with Gasteiger partial charge in [0.2, 0.25) is 0 Å². The summed E-state index contributed by atoms with van der Waals surface area (Å²) in [5.74, 6) is -0.634. The first-order chi connectivity index (χ1) is 32.6. The molecule has 0 saturated heterocycles. The number of rotatable bonds is 39. The van der Waals surface area contributed by atoms with Gasteiger partial charge in [-0.1, -0.05) is 187 Å². The first kappa shape index (κ1) is 97.3. The third-order valence-corrected chi connectivity index (χ3v) is 35.3. The molecule has 0 unspecified atom stereocenters. The summed E-state index contributed by atoms with van der Waals surface area (Å²) in [6.45, 7) is 49.2. The lowest BCUT2D eigenvalue weighted by Crippen LogP contribution is -2.55. The molecule has 0 radical (unpaired) electrons. The third kappa shape index (κ3) is 72.2. The molecule has 0 aliphatic rings. The molecule has 0 aromatic carbocycles. The fourth-order valence-electron chi connectivity index (χ4n) is 8.17. The Balaban J connectivity index is -0.000000132. The van der Waals surface area contributed by atoms with E-state index < -0.39 is 76.3 Å². The summed E-state index contributed by atoms with van der Waals surface area (Å²) in [6.07, 6.45) is 29.2. The van der Waals surface area contributed by atoms with Gasteiger partial charge in [-0.15, -0.1) is 0 Å². The van der Waals surface area contributed by atoms with Crippen molar-refractivity contribution in [1.82, 2.24) is 0 Å². The molecule has 480 valence electrons. The van der Waals surface area contributed by atoms with Crippen LogP contribution in [0.5, 0.6) is 0 Å². The molecule has 0 saturated carbocycles. The van der Waals surface area contributed by atoms with Crippen LogP contribution in [0.15, 0.2) is 0 Å². The SMILES string of the molecule is C.C.C.C.C.C.CC(=O)O[Si](C)(O[Si](C)(C)C)O[Si](C)(C)C.CCCCCCCCCC(=O)O[Si](C)(O[Si](C)(C)C)O[Si](C)(C)C.CCCCCCCCCCCCCCCCCC(=O)O[Si](C)(O[Si](C)(C)C)O[Si](C)(C)C. The van der Waals surface area contributed by atoms with E-state index in [2.05, 4.69) is 132 Å². The van der Waals surface area contributed by atoms with Crippen LogP contribution in [0, 0.1) is 0 Å². The van der Waals surface area contributed by atoms with Crippen LogP contribution in [0.1, 0.15) is 219 Å². The summed E-state index contributed by atoms with van der Waals surface area (Å²) in [7, 11) is -19.6. The van der Waals surface area contributed by atoms with Crippen LogP contribution < -0.4 is 0 Å². The van der Waals surface area contributed by atoms with Gasteiger partial charge in [-0.2, -0.15) is 0 Å². The number of carbonyl (C=O) groups is 3. The summed E-state index contributed by atoms with van der Waals surface area (Å²) >= 11 is 0. The molecule has 0 bridgehead atoms. The molecule has 12 nitrogen and oxygen atoms in total. The van der Waals surface area contributed by atoms with Crippen LogP contribution >= 0.6 is 0 Å². The van der Waals surface area contributed by atoms with Gasteiger partial charge in [0.1, 0.15) is 0 Å². The summed E-state index contributed by atoms with van der Waals surface area (Å²) in [5, 5.41) is 0. The maximum Gasteiger partial charge on any atom is 0.543 e. The highest BCUT2D eigenvalue weighted by Crippen LogP contribution is 2.26. The second-order valence-electron chi connectivity index (χ2n) is 26.0. The summed E-state index contributed by atoms with van der Waals surface area (Å²) in [4.78, 5) is 35.8. The Morgan fingerprint density at radius 3 is 0.564 bits per heavy atom. The smallest absolute Gasteiger partial charge is 0.475 e. The Bertz CT molecular complexity index is 1370. The lowest BCUT2D eigenvalue weighted by Gasteiger charge is -2.36. The first-order valence-corrected chi connectivity index (χ1v) is 55.5. The lowest BCUT2D eigenvalue weighted by atomic mass is 10.0. The van der Waals surface area contributed by atoms with E-state index in [1.807, 2.05) is 19.6 Å². The molecule has 0 rings (SSSR count). The maximum atomic E-state index is 12.4. The van der Waals surface area contributed by atoms with Crippen molar-refractivity contribution in [2.75, 3.05) is 0 Å². The van der Waals surface area contributed by atoms with E-state index in [9.17, 15) is 14.4 Å². The standard InChI is InChI=1S/C25H56O4Si3.C17H40O4Si3.C9H24O4Si3.6CH4/c1-9-10-11-12-13-14-15-16-17-18-19-20-21-22-23-24-25(26)27-32(8,28-30(2,3)4)29-31(5,6)7;1-9-10-11-12-13-14-15-16-17(18)19-24(8,20-22(2,3)4)21-23(5,6)7;1-9(10)11-16(8,12-14(2,3)4)13-15(5,6)7;;;;;;/h9-24H2,1-8H3;9-16H2,1-8H3;1-8H3;6*1H4. The zero-order valence-electron chi connectivity index (χ0n) is 51.9. The number of hydrogen-bond acceptors (Lipinski definition) is 12. The van der Waals surface area contributed by atoms with Crippen molar-refractivity contribution in [3.05, 3.63) is 0 Å². The molecule has 0 N–H and O–H groups in total. The van der Waals surface area contributed by atoms with Gasteiger partial charge >= 0.3 is 26.4 Å². The van der Waals surface area contributed by atoms with Gasteiger partial charge in [0.05, 0.1) is 0 Å². The minimum absolute atomic E-state index is 0. The monoisotopic (exact) mass is 1270 g/mol. The number of carbonyl (C=O) groups excluding carboxylic acids is 3. The van der Waals surface area contributed by atoms with Crippen LogP contribution in [0.3, 0.4) is 0 Å². The lowest BCUT2D eigenvalue weighted by molar-refractivity contribution is -0.138. The second-order valence-corrected chi connectivity index (χ2v) is 62.0. The predicted octanol–water partition coefficient (Wildman–Crippen LogP) is 21.6. The van der Waals surface area contributed by atoms with Crippen LogP contribution in [0.25, 0.3) is 0 Å². The van der Waals surface area contributed by atoms with E-state index in [0.29, 0.717) is 12.8 Å². The number of hydrogen-bond donors (Lipinski definition) is 0. The summed E-state index contributed by atoms with van der Waals surface area (Å²) in [6, 6.07) is 0. The fourth-order valence-corrected chi connectivity index (χ4v) is 39.0. The van der Waals surface area contributed by atoms with Crippen LogP contribution in [0.4, 0.5) is 0 Å². The van der Waals surface area contributed by atoms with Crippen LogP contribution in [-0.4, -0.2) is 94.2 Å². The topological polar surface area (TPSA) is 134 Å². The predicted molar refractivity (Wildman–Crippen MR) is 368 cm³/mol. The average Bonchev–Trinajstić information content (AvgIpc) is 3.11. The third-order valence-electron chi connectivity index (χ3n) is 9.85. The van der Waals surface area contributed by atoms with Gasteiger partial charge in [-0.05, 0) is 131 Å². The molecule has 0 aliphatic carbocycles. The molecule has 0 fully saturated rings. The van der Waals surface area contributed by atoms with Crippen LogP contribution in [-0.2, 0) is 52.4 Å². The highest BCUT2D eigenvalue weighted by Gasteiger charge is 2.48. The highest BCUT2D eigenvalue weighted by molar-refractivity contribution is 6.87. The maximum absolute atomic E-state index is 12.4. The molecule has 0 heterocycles. The van der Waals surface area contributed by atoms with E-state index in [0.717, 1.165) is 25.7 Å². The average molecular weight is 1270 g/mol. The molecule has 0 aliphatic heterocycles. The van der Waals surface area contributed by atoms with E-state index >= 15 is 0 Å². The largest absolute Gasteiger partial charge is 0.543 e. The molecule has 0 aromatic heterocycles. The molecule has 0 spiro atoms. The second kappa shape index (κ2) is 48.4. The molecular formula is C57H144O12Si9. The first-order valence-electron chi connectivity index (χ1n) is 28.4. The Labute approximate surface area is 500 Å². The van der Waals surface area contributed by atoms with Gasteiger partial charge in [-0.25, -0.2) is 0 Å². The van der Waals surface area contributed by atoms with Crippen molar-refractivity contribution in [3.8, 4) is 0 Å². The zero-order valence-corrected chi connectivity index (χ0v) is 60.9. The van der Waals surface area contributed by atoms with Crippen molar-refractivity contribution < 1.29 is 52.4 Å². The fraction of sp³-hybridized carbons (Fsp3) is 0.947. The van der Waals surface area contributed by atoms with Crippen molar-refractivity contribution in [1.29, 1.82) is 0 Å². The minimum Gasteiger partial charge on any atom is -0.475 e. The Morgan fingerprint density at radius 2 is 0.410 bits per heavy atom. The van der Waals surface area contributed by atoms with E-state index in [1.54, 1.807) is 0 Å². The molecule has 0 atom stereocenters. The quantitative estimate of drug-likeness (QED) is 0.0428. The summed E-state index contributed by atoms with van der Waals surface area (Å²) < 4.78 is 53.7. The summed E-state index contributed by atoms with van der Waals surface area (Å²) in [5.41, 5.74) is 0. The Hall–Kier alpha value is 0.122. The zero-order chi connectivity index (χ0) is 56.6. The van der Waals surface area contributed by atoms with Gasteiger partial charge < -0.3 is 38.0 Å². The normalized spacial score (nSPS) is 12.2. The van der Waals surface area contributed by atoms with Crippen molar-refractivity contribution in [2.45, 2.75) is 357 Å². The van der Waals surface area contributed by atoms with Crippen LogP contribution in [0.2, 0.25) is 137 Å².